The van der Waals surface area contributed by atoms with E-state index in [1.165, 1.54) is 4.57 Å². The topological polar surface area (TPSA) is 136 Å². The summed E-state index contributed by atoms with van der Waals surface area (Å²) in [5, 5.41) is 0.313. The first kappa shape index (κ1) is 24.2. The fourth-order valence-electron chi connectivity index (χ4n) is 3.08. The van der Waals surface area contributed by atoms with Crippen molar-refractivity contribution in [3.8, 4) is 0 Å². The minimum atomic E-state index is -0.729. The summed E-state index contributed by atoms with van der Waals surface area (Å²) in [6.45, 7) is 6.84. The van der Waals surface area contributed by atoms with Gasteiger partial charge in [0.25, 0.3) is 0 Å². The van der Waals surface area contributed by atoms with Crippen LogP contribution in [-0.4, -0.2) is 54.9 Å². The number of nitrogens with two attached hydrogens (primary N) is 1. The predicted molar refractivity (Wildman–Crippen MR) is 113 cm³/mol. The van der Waals surface area contributed by atoms with Crippen LogP contribution in [0.15, 0.2) is 0 Å². The molecule has 2 aromatic rings. The lowest BCUT2D eigenvalue weighted by molar-refractivity contribution is -0.144. The fourth-order valence-corrected chi connectivity index (χ4v) is 4.31. The zero-order valence-corrected chi connectivity index (χ0v) is 18.8. The van der Waals surface area contributed by atoms with Crippen molar-refractivity contribution < 1.29 is 38.1 Å². The Kier molecular flexibility index (Phi) is 8.43. The Bertz CT molecular complexity index is 973. The highest BCUT2D eigenvalue weighted by Gasteiger charge is 2.32. The Labute approximate surface area is 183 Å². The lowest BCUT2D eigenvalue weighted by Crippen LogP contribution is -2.19. The molecular weight excluding hydrogens is 428 g/mol. The van der Waals surface area contributed by atoms with E-state index in [0.717, 1.165) is 11.3 Å². The molecule has 0 atom stereocenters. The molecule has 0 fully saturated rings. The average Bonchev–Trinajstić information content (AvgIpc) is 3.19. The van der Waals surface area contributed by atoms with Gasteiger partial charge in [0.1, 0.15) is 16.3 Å². The zero-order valence-electron chi connectivity index (χ0n) is 17.9. The van der Waals surface area contributed by atoms with Crippen LogP contribution in [0.5, 0.6) is 0 Å². The van der Waals surface area contributed by atoms with Crippen LogP contribution in [0.3, 0.4) is 0 Å². The van der Waals surface area contributed by atoms with Gasteiger partial charge < -0.3 is 29.2 Å². The largest absolute Gasteiger partial charge is 0.466 e. The number of rotatable bonds is 10. The van der Waals surface area contributed by atoms with Crippen molar-refractivity contribution in [2.75, 3.05) is 32.2 Å². The molecule has 0 aliphatic carbocycles. The highest BCUT2D eigenvalue weighted by molar-refractivity contribution is 7.20. The van der Waals surface area contributed by atoms with Crippen molar-refractivity contribution in [1.29, 1.82) is 0 Å². The number of ether oxygens (including phenoxy) is 4. The fraction of sp³-hybridized carbons (Fsp3) is 0.500. The molecule has 0 bridgehead atoms. The molecule has 0 saturated heterocycles. The van der Waals surface area contributed by atoms with Gasteiger partial charge in [0.05, 0.1) is 38.5 Å². The van der Waals surface area contributed by atoms with E-state index in [0.29, 0.717) is 10.2 Å². The molecule has 0 aromatic carbocycles. The molecule has 0 saturated carbocycles. The van der Waals surface area contributed by atoms with Gasteiger partial charge in [-0.05, 0) is 27.7 Å². The SMILES string of the molecule is CCOC(=O)Cc1c(C(=O)OCC)sc2c1c(N)c(C(=O)OCC)n2CC(=O)OCC. The third-order valence-electron chi connectivity index (χ3n) is 4.18. The summed E-state index contributed by atoms with van der Waals surface area (Å²) in [6.07, 6.45) is -0.252. The Morgan fingerprint density at radius 3 is 1.97 bits per heavy atom. The summed E-state index contributed by atoms with van der Waals surface area (Å²) >= 11 is 0.974. The molecule has 2 rings (SSSR count). The molecule has 2 N–H and O–H groups in total. The average molecular weight is 455 g/mol. The Morgan fingerprint density at radius 2 is 1.39 bits per heavy atom. The number of anilines is 1. The minimum Gasteiger partial charge on any atom is -0.466 e. The molecule has 0 aliphatic heterocycles. The highest BCUT2D eigenvalue weighted by Crippen LogP contribution is 2.40. The van der Waals surface area contributed by atoms with E-state index in [-0.39, 0.29) is 61.2 Å². The summed E-state index contributed by atoms with van der Waals surface area (Å²) < 4.78 is 21.6. The molecule has 0 aliphatic rings. The van der Waals surface area contributed by atoms with Gasteiger partial charge in [-0.25, -0.2) is 9.59 Å². The number of aromatic nitrogens is 1. The van der Waals surface area contributed by atoms with Gasteiger partial charge in [0.15, 0.2) is 5.69 Å². The second-order valence-electron chi connectivity index (χ2n) is 6.17. The Morgan fingerprint density at radius 1 is 0.839 bits per heavy atom. The first-order chi connectivity index (χ1) is 14.8. The van der Waals surface area contributed by atoms with Crippen LogP contribution in [-0.2, 0) is 41.5 Å². The Hall–Kier alpha value is -3.08. The van der Waals surface area contributed by atoms with Crippen molar-refractivity contribution in [1.82, 2.24) is 4.57 Å². The van der Waals surface area contributed by atoms with E-state index in [4.69, 9.17) is 24.7 Å². The number of thiophene rings is 1. The quantitative estimate of drug-likeness (QED) is 0.423. The maximum absolute atomic E-state index is 12.6. The second-order valence-corrected chi connectivity index (χ2v) is 7.17. The van der Waals surface area contributed by atoms with E-state index in [1.54, 1.807) is 27.7 Å². The molecule has 31 heavy (non-hydrogen) atoms. The van der Waals surface area contributed by atoms with Crippen molar-refractivity contribution in [3.63, 3.8) is 0 Å². The summed E-state index contributed by atoms with van der Waals surface area (Å²) in [5.74, 6) is -2.53. The lowest BCUT2D eigenvalue weighted by atomic mass is 10.1. The minimum absolute atomic E-state index is 0.00356. The van der Waals surface area contributed by atoms with Crippen molar-refractivity contribution in [2.24, 2.45) is 0 Å². The molecule has 0 amide bonds. The predicted octanol–water partition coefficient (Wildman–Crippen LogP) is 2.31. The molecule has 10 nitrogen and oxygen atoms in total. The van der Waals surface area contributed by atoms with Crippen LogP contribution >= 0.6 is 11.3 Å². The second kappa shape index (κ2) is 10.8. The monoisotopic (exact) mass is 454 g/mol. The van der Waals surface area contributed by atoms with E-state index in [1.807, 2.05) is 0 Å². The number of hydrogen-bond donors (Lipinski definition) is 1. The van der Waals surface area contributed by atoms with Crippen molar-refractivity contribution in [3.05, 3.63) is 16.1 Å². The van der Waals surface area contributed by atoms with Crippen LogP contribution in [0.2, 0.25) is 0 Å². The van der Waals surface area contributed by atoms with Crippen LogP contribution in [0.25, 0.3) is 10.2 Å². The highest BCUT2D eigenvalue weighted by atomic mass is 32.1. The molecular formula is C20H26N2O8S. The van der Waals surface area contributed by atoms with Gasteiger partial charge in [-0.1, -0.05) is 0 Å². The van der Waals surface area contributed by atoms with E-state index in [9.17, 15) is 19.2 Å². The normalized spacial score (nSPS) is 10.7. The summed E-state index contributed by atoms with van der Waals surface area (Å²) in [6, 6.07) is 0. The van der Waals surface area contributed by atoms with Crippen LogP contribution in [0.4, 0.5) is 5.69 Å². The van der Waals surface area contributed by atoms with Gasteiger partial charge >= 0.3 is 23.9 Å². The number of carbonyl (C=O) groups is 4. The zero-order chi connectivity index (χ0) is 23.1. The smallest absolute Gasteiger partial charge is 0.357 e. The maximum Gasteiger partial charge on any atom is 0.357 e. The number of nitrogen functional groups attached to an aromatic ring is 1. The molecule has 0 spiro atoms. The van der Waals surface area contributed by atoms with Gasteiger partial charge in [-0.15, -0.1) is 11.3 Å². The van der Waals surface area contributed by atoms with Crippen molar-refractivity contribution in [2.45, 2.75) is 40.7 Å². The van der Waals surface area contributed by atoms with E-state index >= 15 is 0 Å². The number of carbonyl (C=O) groups excluding carboxylic acids is 4. The van der Waals surface area contributed by atoms with Crippen molar-refractivity contribution >= 4 is 51.1 Å². The third-order valence-corrected chi connectivity index (χ3v) is 5.41. The third kappa shape index (κ3) is 5.16. The van der Waals surface area contributed by atoms with Gasteiger partial charge in [-0.3, -0.25) is 9.59 Å². The lowest BCUT2D eigenvalue weighted by Gasteiger charge is -2.10. The number of hydrogen-bond acceptors (Lipinski definition) is 10. The van der Waals surface area contributed by atoms with E-state index < -0.39 is 23.9 Å². The van der Waals surface area contributed by atoms with Gasteiger partial charge in [0, 0.05) is 10.9 Å². The molecule has 170 valence electrons. The standard InChI is InChI=1S/C20H26N2O8S/c1-5-27-12(23)9-11-14-15(21)16(19(25)29-7-3)22(10-13(24)28-6-2)18(14)31-17(11)20(26)30-8-4/h5-10,21H2,1-4H3. The Balaban J connectivity index is 2.76. The number of esters is 4. The van der Waals surface area contributed by atoms with Crippen LogP contribution < -0.4 is 5.73 Å². The molecule has 0 radical (unpaired) electrons. The summed E-state index contributed by atoms with van der Waals surface area (Å²) in [4.78, 5) is 50.0. The summed E-state index contributed by atoms with van der Waals surface area (Å²) in [7, 11) is 0. The maximum atomic E-state index is 12.6. The van der Waals surface area contributed by atoms with E-state index in [2.05, 4.69) is 0 Å². The molecule has 11 heteroatoms. The summed E-state index contributed by atoms with van der Waals surface area (Å²) in [5.41, 5.74) is 6.53. The van der Waals surface area contributed by atoms with Crippen LogP contribution in [0.1, 0.15) is 53.4 Å². The molecule has 0 unspecified atom stereocenters. The van der Waals surface area contributed by atoms with Gasteiger partial charge in [0.2, 0.25) is 0 Å². The first-order valence-corrected chi connectivity index (χ1v) is 10.7. The molecule has 2 aromatic heterocycles. The van der Waals surface area contributed by atoms with Crippen LogP contribution in [0, 0.1) is 0 Å². The number of nitrogens with zero attached hydrogens (tertiary/aromatic N) is 1. The van der Waals surface area contributed by atoms with Gasteiger partial charge in [-0.2, -0.15) is 0 Å². The first-order valence-electron chi connectivity index (χ1n) is 9.89. The number of fused-ring (bicyclic) bond motifs is 1. The molecule has 2 heterocycles.